The minimum Gasteiger partial charge on any atom is -0.325 e. The second kappa shape index (κ2) is 6.02. The molecule has 2 aromatic heterocycles. The third-order valence-electron chi connectivity index (χ3n) is 2.86. The van der Waals surface area contributed by atoms with Gasteiger partial charge in [-0.25, -0.2) is 0 Å². The first kappa shape index (κ1) is 13.7. The summed E-state index contributed by atoms with van der Waals surface area (Å²) in [6, 6.07) is 13.2. The van der Waals surface area contributed by atoms with Crippen LogP contribution in [0, 0.1) is 4.77 Å². The van der Waals surface area contributed by atoms with Crippen molar-refractivity contribution in [2.75, 3.05) is 5.32 Å². The maximum Gasteiger partial charge on any atom is 0.244 e. The molecule has 0 aliphatic carbocycles. The van der Waals surface area contributed by atoms with Crippen LogP contribution in [0.1, 0.15) is 0 Å². The Morgan fingerprint density at radius 2 is 2.10 bits per heavy atom. The van der Waals surface area contributed by atoms with E-state index in [9.17, 15) is 4.79 Å². The van der Waals surface area contributed by atoms with Crippen molar-refractivity contribution in [3.63, 3.8) is 0 Å². The van der Waals surface area contributed by atoms with E-state index in [1.807, 2.05) is 47.8 Å². The van der Waals surface area contributed by atoms with E-state index in [1.165, 1.54) is 0 Å². The van der Waals surface area contributed by atoms with E-state index in [2.05, 4.69) is 15.5 Å². The van der Waals surface area contributed by atoms with Gasteiger partial charge in [0.1, 0.15) is 6.54 Å². The summed E-state index contributed by atoms with van der Waals surface area (Å²) in [6.07, 6.45) is 0. The van der Waals surface area contributed by atoms with E-state index in [1.54, 1.807) is 15.9 Å². The number of amides is 1. The van der Waals surface area contributed by atoms with Gasteiger partial charge in [0.25, 0.3) is 0 Å². The molecule has 7 heteroatoms. The number of anilines is 1. The van der Waals surface area contributed by atoms with Crippen LogP contribution >= 0.6 is 23.6 Å². The van der Waals surface area contributed by atoms with Crippen molar-refractivity contribution < 1.29 is 4.79 Å². The average molecular weight is 316 g/mol. The van der Waals surface area contributed by atoms with Crippen LogP contribution in [0.5, 0.6) is 0 Å². The highest BCUT2D eigenvalue weighted by molar-refractivity contribution is 7.71. The molecule has 3 aromatic rings. The predicted octanol–water partition coefficient (Wildman–Crippen LogP) is 3.31. The number of carbonyl (C=O) groups is 1. The normalized spacial score (nSPS) is 10.5. The second-order valence-electron chi connectivity index (χ2n) is 4.33. The maximum atomic E-state index is 12.1. The summed E-state index contributed by atoms with van der Waals surface area (Å²) in [5.74, 6) is 0.537. The van der Waals surface area contributed by atoms with Gasteiger partial charge in [-0.1, -0.05) is 24.3 Å². The Labute approximate surface area is 130 Å². The fourth-order valence-corrected chi connectivity index (χ4v) is 2.84. The number of aromatic nitrogens is 3. The highest BCUT2D eigenvalue weighted by Crippen LogP contribution is 2.22. The monoisotopic (exact) mass is 316 g/mol. The Kier molecular flexibility index (Phi) is 3.94. The van der Waals surface area contributed by atoms with Gasteiger partial charge in [0, 0.05) is 5.69 Å². The van der Waals surface area contributed by atoms with Crippen LogP contribution < -0.4 is 5.32 Å². The fraction of sp³-hybridized carbons (Fsp3) is 0.0714. The number of rotatable bonds is 4. The van der Waals surface area contributed by atoms with Crippen LogP contribution in [0.2, 0.25) is 0 Å². The topological polar surface area (TPSA) is 62.7 Å². The number of para-hydroxylation sites is 1. The van der Waals surface area contributed by atoms with Gasteiger partial charge in [-0.15, -0.1) is 11.3 Å². The number of hydrogen-bond donors (Lipinski definition) is 2. The quantitative estimate of drug-likeness (QED) is 0.726. The molecule has 3 rings (SSSR count). The van der Waals surface area contributed by atoms with Crippen molar-refractivity contribution in [3.05, 3.63) is 52.6 Å². The van der Waals surface area contributed by atoms with Gasteiger partial charge in [-0.3, -0.25) is 14.5 Å². The molecule has 21 heavy (non-hydrogen) atoms. The van der Waals surface area contributed by atoms with E-state index < -0.39 is 0 Å². The number of H-pyrrole nitrogens is 1. The number of thiophene rings is 1. The summed E-state index contributed by atoms with van der Waals surface area (Å²) in [6.45, 7) is 0.122. The molecule has 0 bridgehead atoms. The standard InChI is InChI=1S/C14H12N4OS2/c19-12(15-10-5-2-1-3-6-10)9-18-13(16-17-14(18)20)11-7-4-8-21-11/h1-8H,9H2,(H,15,19)(H,17,20). The van der Waals surface area contributed by atoms with Gasteiger partial charge in [0.2, 0.25) is 5.91 Å². The minimum absolute atomic E-state index is 0.122. The van der Waals surface area contributed by atoms with Crippen molar-refractivity contribution in [2.45, 2.75) is 6.54 Å². The molecule has 0 atom stereocenters. The number of carbonyl (C=O) groups excluding carboxylic acids is 1. The van der Waals surface area contributed by atoms with Gasteiger partial charge in [-0.2, -0.15) is 5.10 Å². The van der Waals surface area contributed by atoms with Gasteiger partial charge in [0.05, 0.1) is 4.88 Å². The van der Waals surface area contributed by atoms with Crippen molar-refractivity contribution in [1.82, 2.24) is 14.8 Å². The highest BCUT2D eigenvalue weighted by Gasteiger charge is 2.13. The largest absolute Gasteiger partial charge is 0.325 e. The first-order chi connectivity index (χ1) is 10.2. The van der Waals surface area contributed by atoms with Crippen molar-refractivity contribution >= 4 is 35.1 Å². The van der Waals surface area contributed by atoms with Gasteiger partial charge in [0.15, 0.2) is 10.6 Å². The summed E-state index contributed by atoms with van der Waals surface area (Å²) in [5, 5.41) is 11.7. The molecule has 106 valence electrons. The van der Waals surface area contributed by atoms with Gasteiger partial charge in [-0.05, 0) is 35.8 Å². The van der Waals surface area contributed by atoms with Crippen LogP contribution in [-0.2, 0) is 11.3 Å². The third-order valence-corrected chi connectivity index (χ3v) is 4.04. The van der Waals surface area contributed by atoms with E-state index in [4.69, 9.17) is 12.2 Å². The minimum atomic E-state index is -0.142. The lowest BCUT2D eigenvalue weighted by Gasteiger charge is -2.07. The number of nitrogens with zero attached hydrogens (tertiary/aromatic N) is 2. The molecule has 1 aromatic carbocycles. The molecule has 0 radical (unpaired) electrons. The van der Waals surface area contributed by atoms with Crippen molar-refractivity contribution in [1.29, 1.82) is 0 Å². The van der Waals surface area contributed by atoms with E-state index >= 15 is 0 Å². The summed E-state index contributed by atoms with van der Waals surface area (Å²) in [5.41, 5.74) is 0.759. The third kappa shape index (κ3) is 3.09. The Morgan fingerprint density at radius 1 is 1.29 bits per heavy atom. The predicted molar refractivity (Wildman–Crippen MR) is 85.8 cm³/mol. The first-order valence-electron chi connectivity index (χ1n) is 6.28. The zero-order valence-corrected chi connectivity index (χ0v) is 12.6. The molecule has 0 saturated carbocycles. The lowest BCUT2D eigenvalue weighted by molar-refractivity contribution is -0.116. The molecule has 2 heterocycles. The summed E-state index contributed by atoms with van der Waals surface area (Å²) >= 11 is 6.75. The van der Waals surface area contributed by atoms with E-state index in [-0.39, 0.29) is 12.5 Å². The molecule has 0 aliphatic rings. The smallest absolute Gasteiger partial charge is 0.244 e. The number of hydrogen-bond acceptors (Lipinski definition) is 4. The van der Waals surface area contributed by atoms with E-state index in [0.717, 1.165) is 10.6 Å². The van der Waals surface area contributed by atoms with Crippen LogP contribution in [0.3, 0.4) is 0 Å². The number of nitrogens with one attached hydrogen (secondary N) is 2. The molecular weight excluding hydrogens is 304 g/mol. The molecule has 0 spiro atoms. The second-order valence-corrected chi connectivity index (χ2v) is 5.66. The lowest BCUT2D eigenvalue weighted by atomic mass is 10.3. The lowest BCUT2D eigenvalue weighted by Crippen LogP contribution is -2.19. The summed E-state index contributed by atoms with van der Waals surface area (Å²) in [7, 11) is 0. The van der Waals surface area contributed by atoms with Gasteiger partial charge >= 0.3 is 0 Å². The summed E-state index contributed by atoms with van der Waals surface area (Å²) in [4.78, 5) is 13.1. The fourth-order valence-electron chi connectivity index (χ4n) is 1.92. The Balaban J connectivity index is 1.81. The molecule has 2 N–H and O–H groups in total. The maximum absolute atomic E-state index is 12.1. The highest BCUT2D eigenvalue weighted by atomic mass is 32.1. The number of benzene rings is 1. The van der Waals surface area contributed by atoms with E-state index in [0.29, 0.717) is 10.6 Å². The van der Waals surface area contributed by atoms with Crippen LogP contribution in [0.25, 0.3) is 10.7 Å². The van der Waals surface area contributed by atoms with Crippen molar-refractivity contribution in [3.8, 4) is 10.7 Å². The molecular formula is C14H12N4OS2. The molecule has 0 saturated heterocycles. The molecule has 1 amide bonds. The molecule has 0 unspecified atom stereocenters. The Morgan fingerprint density at radius 3 is 2.81 bits per heavy atom. The SMILES string of the molecule is O=C(Cn1c(-c2cccs2)n[nH]c1=S)Nc1ccccc1. The Bertz CT molecular complexity index is 790. The average Bonchev–Trinajstić information content (AvgIpc) is 3.11. The Hall–Kier alpha value is -2.25. The first-order valence-corrected chi connectivity index (χ1v) is 7.57. The summed E-state index contributed by atoms with van der Waals surface area (Å²) < 4.78 is 2.13. The molecule has 5 nitrogen and oxygen atoms in total. The van der Waals surface area contributed by atoms with Crippen molar-refractivity contribution in [2.24, 2.45) is 0 Å². The molecule has 0 fully saturated rings. The zero-order valence-electron chi connectivity index (χ0n) is 10.9. The zero-order chi connectivity index (χ0) is 14.7. The van der Waals surface area contributed by atoms with Crippen LogP contribution in [0.4, 0.5) is 5.69 Å². The molecule has 0 aliphatic heterocycles. The van der Waals surface area contributed by atoms with Gasteiger partial charge < -0.3 is 5.32 Å². The van der Waals surface area contributed by atoms with Crippen LogP contribution in [-0.4, -0.2) is 20.7 Å². The van der Waals surface area contributed by atoms with Crippen LogP contribution in [0.15, 0.2) is 47.8 Å². The number of aromatic amines is 1.